The van der Waals surface area contributed by atoms with Crippen molar-refractivity contribution in [1.82, 2.24) is 5.32 Å². The number of nitrogens with zero attached hydrogens (tertiary/aromatic N) is 1. The number of hydrogen-bond donors (Lipinski definition) is 3. The van der Waals surface area contributed by atoms with Gasteiger partial charge >= 0.3 is 0 Å². The average molecular weight is 249 g/mol. The van der Waals surface area contributed by atoms with E-state index in [1.165, 1.54) is 6.42 Å². The number of hydrogen-bond acceptors (Lipinski definition) is 4. The Morgan fingerprint density at radius 1 is 1.50 bits per heavy atom. The fraction of sp³-hybridized carbons (Fsp3) is 0.462. The number of nitrogens with one attached hydrogen (secondary N) is 1. The Kier molecular flexibility index (Phi) is 4.04. The second-order valence-corrected chi connectivity index (χ2v) is 4.63. The summed E-state index contributed by atoms with van der Waals surface area (Å²) in [6, 6.07) is 7.83. The van der Waals surface area contributed by atoms with Gasteiger partial charge in [0.1, 0.15) is 12.4 Å². The lowest BCUT2D eigenvalue weighted by molar-refractivity contribution is 0.312. The molecule has 1 fully saturated rings. The van der Waals surface area contributed by atoms with Crippen LogP contribution in [0.5, 0.6) is 5.75 Å². The van der Waals surface area contributed by atoms with E-state index in [4.69, 9.17) is 15.7 Å². The highest BCUT2D eigenvalue weighted by molar-refractivity contribution is 5.97. The van der Waals surface area contributed by atoms with Crippen molar-refractivity contribution in [3.63, 3.8) is 0 Å². The summed E-state index contributed by atoms with van der Waals surface area (Å²) in [6.07, 6.45) is 1.27. The third-order valence-electron chi connectivity index (χ3n) is 3.14. The molecule has 0 aliphatic heterocycles. The van der Waals surface area contributed by atoms with Gasteiger partial charge < -0.3 is 21.0 Å². The Bertz CT molecular complexity index is 417. The maximum absolute atomic E-state index is 8.53. The Balaban J connectivity index is 1.72. The Morgan fingerprint density at radius 3 is 2.72 bits per heavy atom. The van der Waals surface area contributed by atoms with Gasteiger partial charge in [-0.1, -0.05) is 12.1 Å². The van der Waals surface area contributed by atoms with Crippen LogP contribution in [0, 0.1) is 5.92 Å². The van der Waals surface area contributed by atoms with E-state index in [9.17, 15) is 0 Å². The van der Waals surface area contributed by atoms with Crippen LogP contribution in [0.4, 0.5) is 0 Å². The van der Waals surface area contributed by atoms with Crippen LogP contribution in [0.2, 0.25) is 0 Å². The average Bonchev–Trinajstić information content (AvgIpc) is 3.10. The Hall–Kier alpha value is -1.75. The molecule has 1 aliphatic carbocycles. The fourth-order valence-electron chi connectivity index (χ4n) is 1.80. The number of rotatable bonds is 6. The second kappa shape index (κ2) is 5.73. The van der Waals surface area contributed by atoms with Crippen molar-refractivity contribution in [3.8, 4) is 5.75 Å². The molecule has 0 amide bonds. The first-order valence-electron chi connectivity index (χ1n) is 6.15. The first kappa shape index (κ1) is 12.7. The van der Waals surface area contributed by atoms with Gasteiger partial charge in [0.2, 0.25) is 0 Å². The van der Waals surface area contributed by atoms with Crippen LogP contribution in [0.15, 0.2) is 29.4 Å². The monoisotopic (exact) mass is 249 g/mol. The highest BCUT2D eigenvalue weighted by Gasteiger charge is 2.31. The molecular formula is C13H19N3O2. The molecule has 2 unspecified atom stereocenters. The molecule has 0 saturated heterocycles. The molecule has 4 N–H and O–H groups in total. The van der Waals surface area contributed by atoms with E-state index in [1.54, 1.807) is 12.1 Å². The molecule has 2 rings (SSSR count). The SMILES string of the molecule is CC1CC1NCCOc1ccc(C(N)=NO)cc1. The first-order valence-corrected chi connectivity index (χ1v) is 6.15. The minimum atomic E-state index is 0.103. The first-order chi connectivity index (χ1) is 8.70. The third kappa shape index (κ3) is 3.37. The second-order valence-electron chi connectivity index (χ2n) is 4.63. The summed E-state index contributed by atoms with van der Waals surface area (Å²) in [5, 5.41) is 14.9. The van der Waals surface area contributed by atoms with Gasteiger partial charge in [0.25, 0.3) is 0 Å². The van der Waals surface area contributed by atoms with E-state index < -0.39 is 0 Å². The molecule has 98 valence electrons. The van der Waals surface area contributed by atoms with Crippen LogP contribution < -0.4 is 15.8 Å². The van der Waals surface area contributed by atoms with Crippen molar-refractivity contribution in [2.45, 2.75) is 19.4 Å². The van der Waals surface area contributed by atoms with Gasteiger partial charge in [-0.05, 0) is 36.6 Å². The molecule has 0 heterocycles. The van der Waals surface area contributed by atoms with Crippen molar-refractivity contribution in [3.05, 3.63) is 29.8 Å². The topological polar surface area (TPSA) is 79.9 Å². The highest BCUT2D eigenvalue weighted by atomic mass is 16.5. The number of nitrogens with two attached hydrogens (primary N) is 1. The zero-order chi connectivity index (χ0) is 13.0. The van der Waals surface area contributed by atoms with Crippen LogP contribution >= 0.6 is 0 Å². The minimum Gasteiger partial charge on any atom is -0.492 e. The van der Waals surface area contributed by atoms with Gasteiger partial charge in [0.15, 0.2) is 5.84 Å². The van der Waals surface area contributed by atoms with Crippen LogP contribution in [-0.2, 0) is 0 Å². The summed E-state index contributed by atoms with van der Waals surface area (Å²) in [5.41, 5.74) is 6.14. The lowest BCUT2D eigenvalue weighted by Crippen LogP contribution is -2.24. The summed E-state index contributed by atoms with van der Waals surface area (Å²) < 4.78 is 5.58. The van der Waals surface area contributed by atoms with Gasteiger partial charge in [-0.25, -0.2) is 0 Å². The molecule has 0 spiro atoms. The van der Waals surface area contributed by atoms with Crippen molar-refractivity contribution < 1.29 is 9.94 Å². The molecule has 1 saturated carbocycles. The van der Waals surface area contributed by atoms with Crippen molar-refractivity contribution >= 4 is 5.84 Å². The van der Waals surface area contributed by atoms with Crippen LogP contribution in [0.1, 0.15) is 18.9 Å². The lowest BCUT2D eigenvalue weighted by Gasteiger charge is -2.07. The predicted octanol–water partition coefficient (Wildman–Crippen LogP) is 1.16. The number of ether oxygens (including phenoxy) is 1. The number of amidine groups is 1. The molecule has 1 aliphatic rings. The van der Waals surface area contributed by atoms with Crippen LogP contribution in [-0.4, -0.2) is 30.2 Å². The Morgan fingerprint density at radius 2 is 2.17 bits per heavy atom. The molecule has 5 nitrogen and oxygen atoms in total. The van der Waals surface area contributed by atoms with Crippen molar-refractivity contribution in [2.75, 3.05) is 13.2 Å². The quantitative estimate of drug-likeness (QED) is 0.232. The number of oxime groups is 1. The fourth-order valence-corrected chi connectivity index (χ4v) is 1.80. The molecule has 0 aromatic heterocycles. The molecular weight excluding hydrogens is 230 g/mol. The van der Waals surface area contributed by atoms with Gasteiger partial charge in [0.05, 0.1) is 0 Å². The maximum Gasteiger partial charge on any atom is 0.170 e. The van der Waals surface area contributed by atoms with Crippen molar-refractivity contribution in [1.29, 1.82) is 0 Å². The third-order valence-corrected chi connectivity index (χ3v) is 3.14. The van der Waals surface area contributed by atoms with Gasteiger partial charge in [-0.2, -0.15) is 0 Å². The summed E-state index contributed by atoms with van der Waals surface area (Å²) in [4.78, 5) is 0. The van der Waals surface area contributed by atoms with E-state index >= 15 is 0 Å². The summed E-state index contributed by atoms with van der Waals surface area (Å²) in [5.74, 6) is 1.70. The number of benzene rings is 1. The summed E-state index contributed by atoms with van der Waals surface area (Å²) >= 11 is 0. The minimum absolute atomic E-state index is 0.103. The molecule has 1 aromatic rings. The van der Waals surface area contributed by atoms with Gasteiger partial charge in [-0.15, -0.1) is 0 Å². The van der Waals surface area contributed by atoms with Crippen LogP contribution in [0.3, 0.4) is 0 Å². The van der Waals surface area contributed by atoms with E-state index in [0.717, 1.165) is 18.2 Å². The zero-order valence-electron chi connectivity index (χ0n) is 10.5. The molecule has 2 atom stereocenters. The predicted molar refractivity (Wildman–Crippen MR) is 70.0 cm³/mol. The van der Waals surface area contributed by atoms with E-state index in [-0.39, 0.29) is 5.84 Å². The maximum atomic E-state index is 8.53. The summed E-state index contributed by atoms with van der Waals surface area (Å²) in [7, 11) is 0. The van der Waals surface area contributed by atoms with E-state index in [0.29, 0.717) is 18.2 Å². The van der Waals surface area contributed by atoms with Gasteiger partial charge in [0, 0.05) is 18.2 Å². The Labute approximate surface area is 107 Å². The largest absolute Gasteiger partial charge is 0.492 e. The zero-order valence-corrected chi connectivity index (χ0v) is 10.5. The molecule has 5 heteroatoms. The molecule has 0 bridgehead atoms. The van der Waals surface area contributed by atoms with Crippen molar-refractivity contribution in [2.24, 2.45) is 16.8 Å². The molecule has 1 aromatic carbocycles. The smallest absolute Gasteiger partial charge is 0.170 e. The standard InChI is InChI=1S/C13H19N3O2/c1-9-8-12(9)15-6-7-18-11-4-2-10(3-5-11)13(14)16-17/h2-5,9,12,15,17H,6-8H2,1H3,(H2,14,16). The van der Waals surface area contributed by atoms with Gasteiger partial charge in [-0.3, -0.25) is 0 Å². The molecule has 0 radical (unpaired) electrons. The summed E-state index contributed by atoms with van der Waals surface area (Å²) in [6.45, 7) is 3.74. The van der Waals surface area contributed by atoms with E-state index in [1.807, 2.05) is 12.1 Å². The van der Waals surface area contributed by atoms with Crippen LogP contribution in [0.25, 0.3) is 0 Å². The normalized spacial score (nSPS) is 22.8. The van der Waals surface area contributed by atoms with E-state index in [2.05, 4.69) is 17.4 Å². The molecule has 18 heavy (non-hydrogen) atoms. The highest BCUT2D eigenvalue weighted by Crippen LogP contribution is 2.28. The lowest BCUT2D eigenvalue weighted by atomic mass is 10.2.